The van der Waals surface area contributed by atoms with Gasteiger partial charge < -0.3 is 9.80 Å². The molecule has 0 spiro atoms. The van der Waals surface area contributed by atoms with Crippen LogP contribution in [0.2, 0.25) is 5.02 Å². The number of aromatic nitrogens is 1. The zero-order valence-electron chi connectivity index (χ0n) is 18.9. The van der Waals surface area contributed by atoms with Crippen LogP contribution in [0.25, 0.3) is 21.2 Å². The highest BCUT2D eigenvalue weighted by molar-refractivity contribution is 7.21. The van der Waals surface area contributed by atoms with Crippen molar-refractivity contribution in [3.63, 3.8) is 0 Å². The summed E-state index contributed by atoms with van der Waals surface area (Å²) < 4.78 is 1.03. The zero-order chi connectivity index (χ0) is 23.9. The Morgan fingerprint density at radius 2 is 1.69 bits per heavy atom. The highest BCUT2D eigenvalue weighted by atomic mass is 35.5. The van der Waals surface area contributed by atoms with Gasteiger partial charge in [0.05, 0.1) is 5.02 Å². The third-order valence-electron chi connectivity index (χ3n) is 6.81. The summed E-state index contributed by atoms with van der Waals surface area (Å²) in [5, 5.41) is 3.86. The van der Waals surface area contributed by atoms with Gasteiger partial charge in [0.1, 0.15) is 4.88 Å². The predicted octanol–water partition coefficient (Wildman–Crippen LogP) is 4.96. The van der Waals surface area contributed by atoms with Gasteiger partial charge in [-0.2, -0.15) is 0 Å². The summed E-state index contributed by atoms with van der Waals surface area (Å²) in [5.41, 5.74) is 2.26. The Kier molecular flexibility index (Phi) is 6.06. The van der Waals surface area contributed by atoms with E-state index in [1.807, 2.05) is 39.4 Å². The number of rotatable bonds is 4. The molecule has 4 aromatic rings. The number of fused-ring (bicyclic) bond motifs is 1. The topological polar surface area (TPSA) is 56.8 Å². The number of carbonyl (C=O) groups is 2. The van der Waals surface area contributed by atoms with Crippen molar-refractivity contribution in [2.24, 2.45) is 0 Å². The zero-order valence-corrected chi connectivity index (χ0v) is 21.3. The van der Waals surface area contributed by atoms with Gasteiger partial charge >= 0.3 is 0 Å². The maximum Gasteiger partial charge on any atom is 0.282 e. The van der Waals surface area contributed by atoms with Gasteiger partial charge in [0, 0.05) is 67.0 Å². The third-order valence-corrected chi connectivity index (χ3v) is 9.22. The highest BCUT2D eigenvalue weighted by Gasteiger charge is 2.38. The third kappa shape index (κ3) is 4.25. The van der Waals surface area contributed by atoms with Crippen molar-refractivity contribution in [3.8, 4) is 11.1 Å². The Balaban J connectivity index is 1.09. The van der Waals surface area contributed by atoms with E-state index in [1.165, 1.54) is 22.7 Å². The van der Waals surface area contributed by atoms with E-state index in [0.717, 1.165) is 34.3 Å². The molecule has 0 bridgehead atoms. The van der Waals surface area contributed by atoms with Crippen LogP contribution in [0.4, 0.5) is 0 Å². The number of hydrogen-bond acceptors (Lipinski definition) is 6. The molecule has 0 aliphatic carbocycles. The fraction of sp³-hybridized carbons (Fsp3) is 0.269. The lowest BCUT2D eigenvalue weighted by molar-refractivity contribution is 0.00880. The molecule has 2 fully saturated rings. The minimum absolute atomic E-state index is 0.00583. The number of thiazole rings is 1. The van der Waals surface area contributed by atoms with Crippen molar-refractivity contribution < 1.29 is 9.59 Å². The molecule has 0 saturated carbocycles. The predicted molar refractivity (Wildman–Crippen MR) is 142 cm³/mol. The van der Waals surface area contributed by atoms with Crippen LogP contribution in [0.5, 0.6) is 0 Å². The maximum atomic E-state index is 13.2. The van der Waals surface area contributed by atoms with Crippen molar-refractivity contribution in [2.75, 3.05) is 39.3 Å². The van der Waals surface area contributed by atoms with E-state index in [9.17, 15) is 9.59 Å². The van der Waals surface area contributed by atoms with E-state index in [-0.39, 0.29) is 11.8 Å². The average Bonchev–Trinajstić information content (AvgIpc) is 3.52. The van der Waals surface area contributed by atoms with Crippen molar-refractivity contribution in [1.82, 2.24) is 19.7 Å². The monoisotopic (exact) mass is 522 g/mol. The molecule has 6 nitrogen and oxygen atoms in total. The van der Waals surface area contributed by atoms with Gasteiger partial charge in [-0.1, -0.05) is 54.1 Å². The molecule has 0 atom stereocenters. The first-order valence-electron chi connectivity index (χ1n) is 11.6. The molecule has 35 heavy (non-hydrogen) atoms. The molecule has 2 amide bonds. The first kappa shape index (κ1) is 22.7. The number of hydrogen-bond donors (Lipinski definition) is 0. The molecule has 2 saturated heterocycles. The van der Waals surface area contributed by atoms with Gasteiger partial charge in [0.25, 0.3) is 11.8 Å². The van der Waals surface area contributed by atoms with Crippen LogP contribution in [-0.2, 0) is 0 Å². The first-order valence-corrected chi connectivity index (χ1v) is 13.7. The van der Waals surface area contributed by atoms with Crippen molar-refractivity contribution >= 4 is 56.2 Å². The molecule has 2 aliphatic heterocycles. The number of amides is 2. The Labute approximate surface area is 216 Å². The van der Waals surface area contributed by atoms with Gasteiger partial charge in [-0.05, 0) is 17.2 Å². The van der Waals surface area contributed by atoms with Gasteiger partial charge in [0.15, 0.2) is 5.01 Å². The van der Waals surface area contributed by atoms with Crippen LogP contribution in [-0.4, -0.2) is 76.8 Å². The SMILES string of the molecule is O=C(c1nccs1)N1CCN(C2CN(C(=O)c3sc4cc(-c5ccccc5)ccc4c3Cl)C2)CC1. The quantitative estimate of drug-likeness (QED) is 0.380. The molecule has 178 valence electrons. The molecule has 0 unspecified atom stereocenters. The number of benzene rings is 2. The molecule has 2 aromatic heterocycles. The Bertz CT molecular complexity index is 1380. The van der Waals surface area contributed by atoms with Gasteiger partial charge in [0.2, 0.25) is 0 Å². The minimum Gasteiger partial charge on any atom is -0.335 e. The minimum atomic E-state index is 0.00583. The normalized spacial score (nSPS) is 17.1. The summed E-state index contributed by atoms with van der Waals surface area (Å²) in [6.45, 7) is 4.40. The van der Waals surface area contributed by atoms with Crippen molar-refractivity contribution in [1.29, 1.82) is 0 Å². The fourth-order valence-electron chi connectivity index (χ4n) is 4.76. The smallest absolute Gasteiger partial charge is 0.282 e. The first-order chi connectivity index (χ1) is 17.1. The summed E-state index contributed by atoms with van der Waals surface area (Å²) in [7, 11) is 0. The van der Waals surface area contributed by atoms with E-state index in [0.29, 0.717) is 47.1 Å². The molecule has 9 heteroatoms. The largest absolute Gasteiger partial charge is 0.335 e. The molecule has 2 aromatic carbocycles. The van der Waals surface area contributed by atoms with Crippen LogP contribution in [0.1, 0.15) is 19.5 Å². The van der Waals surface area contributed by atoms with Gasteiger partial charge in [-0.3, -0.25) is 14.5 Å². The number of halogens is 1. The van der Waals surface area contributed by atoms with E-state index in [4.69, 9.17) is 11.6 Å². The molecule has 0 N–H and O–H groups in total. The van der Waals surface area contributed by atoms with Crippen molar-refractivity contribution in [3.05, 3.63) is 75.0 Å². The van der Waals surface area contributed by atoms with Crippen LogP contribution in [0.3, 0.4) is 0 Å². The number of thiophene rings is 1. The molecule has 6 rings (SSSR count). The number of likely N-dealkylation sites (tertiary alicyclic amines) is 1. The second-order valence-corrected chi connectivity index (χ2v) is 11.2. The summed E-state index contributed by atoms with van der Waals surface area (Å²) in [5.74, 6) is 0.0196. The number of piperazine rings is 1. The summed E-state index contributed by atoms with van der Waals surface area (Å²) in [4.78, 5) is 36.7. The van der Waals surface area contributed by atoms with E-state index in [1.54, 1.807) is 6.20 Å². The van der Waals surface area contributed by atoms with E-state index < -0.39 is 0 Å². The van der Waals surface area contributed by atoms with Crippen molar-refractivity contribution in [2.45, 2.75) is 6.04 Å². The summed E-state index contributed by atoms with van der Waals surface area (Å²) in [6, 6.07) is 16.7. The molecule has 0 radical (unpaired) electrons. The Morgan fingerprint density at radius 1 is 0.914 bits per heavy atom. The number of nitrogens with zero attached hydrogens (tertiary/aromatic N) is 4. The van der Waals surface area contributed by atoms with E-state index >= 15 is 0 Å². The molecular weight excluding hydrogens is 500 g/mol. The summed E-state index contributed by atoms with van der Waals surface area (Å²) in [6.07, 6.45) is 1.67. The van der Waals surface area contributed by atoms with E-state index in [2.05, 4.69) is 34.1 Å². The highest BCUT2D eigenvalue weighted by Crippen LogP contribution is 2.39. The second-order valence-electron chi connectivity index (χ2n) is 8.85. The molecule has 4 heterocycles. The second kappa shape index (κ2) is 9.35. The maximum absolute atomic E-state index is 13.2. The Morgan fingerprint density at radius 3 is 2.40 bits per heavy atom. The lowest BCUT2D eigenvalue weighted by Crippen LogP contribution is -2.64. The van der Waals surface area contributed by atoms with Gasteiger partial charge in [-0.15, -0.1) is 22.7 Å². The van der Waals surface area contributed by atoms with Gasteiger partial charge in [-0.25, -0.2) is 4.98 Å². The average molecular weight is 523 g/mol. The summed E-state index contributed by atoms with van der Waals surface area (Å²) >= 11 is 9.51. The lowest BCUT2D eigenvalue weighted by atomic mass is 10.0. The standard InChI is InChI=1S/C26H23ClN4O2S2/c27-22-20-7-6-18(17-4-2-1-3-5-17)14-21(20)35-23(22)25(32)31-15-19(16-31)29-9-11-30(12-10-29)26(33)24-28-8-13-34-24/h1-8,13-14,19H,9-12,15-16H2. The molecular formula is C26H23ClN4O2S2. The molecule has 2 aliphatic rings. The lowest BCUT2D eigenvalue weighted by Gasteiger charge is -2.48. The number of carbonyl (C=O) groups excluding carboxylic acids is 2. The van der Waals surface area contributed by atoms with Crippen LogP contribution >= 0.6 is 34.3 Å². The Hall–Kier alpha value is -2.78. The van der Waals surface area contributed by atoms with Crippen LogP contribution in [0.15, 0.2) is 60.1 Å². The fourth-order valence-corrected chi connectivity index (χ4v) is 6.88. The van der Waals surface area contributed by atoms with Crippen LogP contribution in [0, 0.1) is 0 Å². The van der Waals surface area contributed by atoms with Crippen LogP contribution < -0.4 is 0 Å².